The van der Waals surface area contributed by atoms with Crippen molar-refractivity contribution < 1.29 is 17.6 Å². The molecule has 0 saturated carbocycles. The highest BCUT2D eigenvalue weighted by Crippen LogP contribution is 2.30. The molecule has 0 fully saturated rings. The maximum absolute atomic E-state index is 13.3. The summed E-state index contributed by atoms with van der Waals surface area (Å²) < 4.78 is 41.0. The van der Waals surface area contributed by atoms with Crippen LogP contribution < -0.4 is 9.62 Å². The summed E-state index contributed by atoms with van der Waals surface area (Å²) in [6.07, 6.45) is 2.73. The summed E-state index contributed by atoms with van der Waals surface area (Å²) in [6, 6.07) is 20.9. The third-order valence-corrected chi connectivity index (χ3v) is 7.23. The van der Waals surface area contributed by atoms with Crippen molar-refractivity contribution in [2.75, 3.05) is 10.8 Å². The maximum atomic E-state index is 13.3. The molecule has 0 spiro atoms. The summed E-state index contributed by atoms with van der Waals surface area (Å²) in [5, 5.41) is 3.00. The summed E-state index contributed by atoms with van der Waals surface area (Å²) in [4.78, 5) is 12.9. The number of rotatable bonds is 6. The van der Waals surface area contributed by atoms with E-state index in [0.29, 0.717) is 5.69 Å². The van der Waals surface area contributed by atoms with Crippen molar-refractivity contribution >= 4 is 21.6 Å². The molecule has 31 heavy (non-hydrogen) atoms. The van der Waals surface area contributed by atoms with Crippen LogP contribution in [-0.2, 0) is 21.2 Å². The van der Waals surface area contributed by atoms with Crippen LogP contribution in [0.4, 0.5) is 10.1 Å². The van der Waals surface area contributed by atoms with Crippen molar-refractivity contribution in [1.82, 2.24) is 5.32 Å². The smallest absolute Gasteiger partial charge is 0.264 e. The molecule has 0 heterocycles. The van der Waals surface area contributed by atoms with Gasteiger partial charge in [0.05, 0.1) is 16.6 Å². The molecular weight excluding hydrogens is 415 g/mol. The Hall–Kier alpha value is -3.19. The number of sulfonamides is 1. The maximum Gasteiger partial charge on any atom is 0.264 e. The SMILES string of the molecule is O=C(CN(c1ccccc1)S(=O)(=O)c1ccc(F)cc1)NC1CCCc2ccccc21. The number of carbonyl (C=O) groups is 1. The van der Waals surface area contributed by atoms with Gasteiger partial charge in [0.1, 0.15) is 12.4 Å². The summed E-state index contributed by atoms with van der Waals surface area (Å²) in [7, 11) is -4.06. The van der Waals surface area contributed by atoms with Crippen molar-refractivity contribution in [1.29, 1.82) is 0 Å². The van der Waals surface area contributed by atoms with Gasteiger partial charge in [-0.25, -0.2) is 12.8 Å². The van der Waals surface area contributed by atoms with Gasteiger partial charge in [-0.05, 0) is 66.8 Å². The predicted octanol–water partition coefficient (Wildman–Crippen LogP) is 4.21. The Morgan fingerprint density at radius 1 is 0.968 bits per heavy atom. The van der Waals surface area contributed by atoms with E-state index < -0.39 is 21.7 Å². The van der Waals surface area contributed by atoms with E-state index in [9.17, 15) is 17.6 Å². The monoisotopic (exact) mass is 438 g/mol. The van der Waals surface area contributed by atoms with Gasteiger partial charge in [0.25, 0.3) is 10.0 Å². The van der Waals surface area contributed by atoms with Crippen LogP contribution in [0.3, 0.4) is 0 Å². The fourth-order valence-electron chi connectivity index (χ4n) is 3.92. The second-order valence-corrected chi connectivity index (χ2v) is 9.37. The Balaban J connectivity index is 1.60. The van der Waals surface area contributed by atoms with Gasteiger partial charge in [0.2, 0.25) is 5.91 Å². The Kier molecular flexibility index (Phi) is 6.04. The fraction of sp³-hybridized carbons (Fsp3) is 0.208. The predicted molar refractivity (Wildman–Crippen MR) is 118 cm³/mol. The van der Waals surface area contributed by atoms with Gasteiger partial charge in [0, 0.05) is 0 Å². The van der Waals surface area contributed by atoms with Crippen LogP contribution in [0.1, 0.15) is 30.0 Å². The number of halogens is 1. The molecule has 7 heteroatoms. The topological polar surface area (TPSA) is 66.5 Å². The van der Waals surface area contributed by atoms with Crippen LogP contribution in [0, 0.1) is 5.82 Å². The summed E-state index contributed by atoms with van der Waals surface area (Å²) in [6.45, 7) is -0.373. The number of benzene rings is 3. The number of nitrogens with zero attached hydrogens (tertiary/aromatic N) is 1. The third-order valence-electron chi connectivity index (χ3n) is 5.44. The van der Waals surface area contributed by atoms with E-state index in [2.05, 4.69) is 11.4 Å². The Bertz CT molecular complexity index is 1160. The molecule has 160 valence electrons. The number of amides is 1. The molecule has 1 N–H and O–H groups in total. The van der Waals surface area contributed by atoms with E-state index in [0.717, 1.165) is 41.3 Å². The minimum atomic E-state index is -4.06. The first-order valence-corrected chi connectivity index (χ1v) is 11.6. The number of para-hydroxylation sites is 1. The van der Waals surface area contributed by atoms with Crippen LogP contribution in [0.5, 0.6) is 0 Å². The minimum Gasteiger partial charge on any atom is -0.348 e. The van der Waals surface area contributed by atoms with Gasteiger partial charge >= 0.3 is 0 Å². The molecule has 3 aromatic carbocycles. The normalized spacial score (nSPS) is 15.7. The van der Waals surface area contributed by atoms with Gasteiger partial charge in [-0.1, -0.05) is 42.5 Å². The molecule has 1 atom stereocenters. The molecule has 0 radical (unpaired) electrons. The molecule has 1 unspecified atom stereocenters. The molecular formula is C24H23FN2O3S. The van der Waals surface area contributed by atoms with E-state index in [1.165, 1.54) is 17.7 Å². The fourth-order valence-corrected chi connectivity index (χ4v) is 5.34. The first-order chi connectivity index (χ1) is 14.9. The number of nitrogens with one attached hydrogen (secondary N) is 1. The molecule has 5 nitrogen and oxygen atoms in total. The van der Waals surface area contributed by atoms with Crippen molar-refractivity contribution in [3.05, 3.63) is 95.8 Å². The molecule has 0 aliphatic heterocycles. The van der Waals surface area contributed by atoms with Crippen molar-refractivity contribution in [2.45, 2.75) is 30.2 Å². The number of fused-ring (bicyclic) bond motifs is 1. The Morgan fingerprint density at radius 2 is 1.65 bits per heavy atom. The highest BCUT2D eigenvalue weighted by Gasteiger charge is 2.29. The zero-order valence-electron chi connectivity index (χ0n) is 16.9. The highest BCUT2D eigenvalue weighted by molar-refractivity contribution is 7.92. The van der Waals surface area contributed by atoms with E-state index >= 15 is 0 Å². The van der Waals surface area contributed by atoms with Crippen LogP contribution in [0.25, 0.3) is 0 Å². The molecule has 0 bridgehead atoms. The van der Waals surface area contributed by atoms with E-state index in [1.54, 1.807) is 30.3 Å². The summed E-state index contributed by atoms with van der Waals surface area (Å²) in [5.74, 6) is -0.921. The number of hydrogen-bond acceptors (Lipinski definition) is 3. The zero-order chi connectivity index (χ0) is 21.8. The lowest BCUT2D eigenvalue weighted by molar-refractivity contribution is -0.120. The van der Waals surface area contributed by atoms with Crippen LogP contribution in [0.2, 0.25) is 0 Å². The van der Waals surface area contributed by atoms with Crippen molar-refractivity contribution in [2.24, 2.45) is 0 Å². The second-order valence-electron chi connectivity index (χ2n) is 7.51. The molecule has 0 aromatic heterocycles. The average molecular weight is 439 g/mol. The molecule has 0 saturated heterocycles. The largest absolute Gasteiger partial charge is 0.348 e. The molecule has 1 aliphatic rings. The molecule has 4 rings (SSSR count). The molecule has 3 aromatic rings. The van der Waals surface area contributed by atoms with Gasteiger partial charge in [0.15, 0.2) is 0 Å². The summed E-state index contributed by atoms with van der Waals surface area (Å²) >= 11 is 0. The number of aryl methyl sites for hydroxylation is 1. The first kappa shape index (κ1) is 21.1. The van der Waals surface area contributed by atoms with Gasteiger partial charge < -0.3 is 5.32 Å². The first-order valence-electron chi connectivity index (χ1n) is 10.2. The van der Waals surface area contributed by atoms with Crippen molar-refractivity contribution in [3.63, 3.8) is 0 Å². The minimum absolute atomic E-state index is 0.0754. The number of anilines is 1. The van der Waals surface area contributed by atoms with Crippen LogP contribution >= 0.6 is 0 Å². The van der Waals surface area contributed by atoms with Gasteiger partial charge in [-0.3, -0.25) is 9.10 Å². The number of hydrogen-bond donors (Lipinski definition) is 1. The van der Waals surface area contributed by atoms with Crippen molar-refractivity contribution in [3.8, 4) is 0 Å². The Labute approximate surface area is 181 Å². The van der Waals surface area contributed by atoms with E-state index in [-0.39, 0.29) is 17.5 Å². The lowest BCUT2D eigenvalue weighted by atomic mass is 9.88. The lowest BCUT2D eigenvalue weighted by Crippen LogP contribution is -2.42. The van der Waals surface area contributed by atoms with E-state index in [4.69, 9.17) is 0 Å². The quantitative estimate of drug-likeness (QED) is 0.627. The standard InChI is InChI=1S/C24H23FN2O3S/c25-19-13-15-21(16-14-19)31(29,30)27(20-9-2-1-3-10-20)17-24(28)26-23-12-6-8-18-7-4-5-11-22(18)23/h1-5,7,9-11,13-16,23H,6,8,12,17H2,(H,26,28). The van der Waals surface area contributed by atoms with E-state index in [1.807, 2.05) is 18.2 Å². The number of carbonyl (C=O) groups excluding carboxylic acids is 1. The van der Waals surface area contributed by atoms with Crippen LogP contribution in [-0.4, -0.2) is 20.9 Å². The summed E-state index contributed by atoms with van der Waals surface area (Å²) in [5.41, 5.74) is 2.65. The average Bonchev–Trinajstić information content (AvgIpc) is 2.78. The van der Waals surface area contributed by atoms with Gasteiger partial charge in [-0.15, -0.1) is 0 Å². The zero-order valence-corrected chi connectivity index (χ0v) is 17.7. The molecule has 1 aliphatic carbocycles. The second kappa shape index (κ2) is 8.89. The Morgan fingerprint density at radius 3 is 2.39 bits per heavy atom. The van der Waals surface area contributed by atoms with Gasteiger partial charge in [-0.2, -0.15) is 0 Å². The molecule has 1 amide bonds. The highest BCUT2D eigenvalue weighted by atomic mass is 32.2. The van der Waals surface area contributed by atoms with Crippen LogP contribution in [0.15, 0.2) is 83.8 Å². The lowest BCUT2D eigenvalue weighted by Gasteiger charge is -2.28. The third kappa shape index (κ3) is 4.61.